The lowest BCUT2D eigenvalue weighted by molar-refractivity contribution is 0.404. The van der Waals surface area contributed by atoms with E-state index >= 15 is 0 Å². The summed E-state index contributed by atoms with van der Waals surface area (Å²) in [6.07, 6.45) is 0.346. The normalized spacial score (nSPS) is 17.4. The highest BCUT2D eigenvalue weighted by molar-refractivity contribution is 7.89. The summed E-state index contributed by atoms with van der Waals surface area (Å²) in [6, 6.07) is 4.12. The van der Waals surface area contributed by atoms with Gasteiger partial charge in [-0.1, -0.05) is 0 Å². The van der Waals surface area contributed by atoms with E-state index in [-0.39, 0.29) is 47.1 Å². The van der Waals surface area contributed by atoms with Gasteiger partial charge in [0.05, 0.1) is 21.8 Å². The molecule has 2 N–H and O–H groups in total. The van der Waals surface area contributed by atoms with Gasteiger partial charge in [-0.2, -0.15) is 13.7 Å². The summed E-state index contributed by atoms with van der Waals surface area (Å²) < 4.78 is 59.8. The van der Waals surface area contributed by atoms with Crippen molar-refractivity contribution in [3.05, 3.63) is 40.1 Å². The number of aryl methyl sites for hydroxylation is 2. The van der Waals surface area contributed by atoms with E-state index in [9.17, 15) is 21.6 Å². The molecular formula is C17H21N5O6S2. The highest BCUT2D eigenvalue weighted by Crippen LogP contribution is 2.25. The SMILES string of the molecule is Cc1n[nH]c(C)c1S(=O)(=O)N1CCCN(S(=O)(=O)c2ccc3oc(=O)[nH]c3c2)CC1. The van der Waals surface area contributed by atoms with Gasteiger partial charge < -0.3 is 4.42 Å². The third kappa shape index (κ3) is 3.47. The van der Waals surface area contributed by atoms with Gasteiger partial charge in [-0.25, -0.2) is 21.6 Å². The lowest BCUT2D eigenvalue weighted by atomic mass is 10.3. The van der Waals surface area contributed by atoms with Crippen LogP contribution in [0.2, 0.25) is 0 Å². The molecule has 1 aliphatic rings. The van der Waals surface area contributed by atoms with Crippen molar-refractivity contribution in [2.24, 2.45) is 0 Å². The summed E-state index contributed by atoms with van der Waals surface area (Å²) in [4.78, 5) is 13.9. The minimum atomic E-state index is -3.88. The zero-order chi connectivity index (χ0) is 21.7. The van der Waals surface area contributed by atoms with Gasteiger partial charge in [-0.3, -0.25) is 10.1 Å². The van der Waals surface area contributed by atoms with Gasteiger partial charge in [0.15, 0.2) is 5.58 Å². The van der Waals surface area contributed by atoms with Gasteiger partial charge in [0.1, 0.15) is 4.90 Å². The van der Waals surface area contributed by atoms with Crippen LogP contribution in [0, 0.1) is 13.8 Å². The number of nitrogens with one attached hydrogen (secondary N) is 2. The number of benzene rings is 1. The van der Waals surface area contributed by atoms with Crippen LogP contribution < -0.4 is 5.76 Å². The number of rotatable bonds is 4. The Labute approximate surface area is 172 Å². The molecule has 3 aromatic rings. The zero-order valence-electron chi connectivity index (χ0n) is 16.4. The zero-order valence-corrected chi connectivity index (χ0v) is 18.0. The van der Waals surface area contributed by atoms with Crippen molar-refractivity contribution >= 4 is 31.1 Å². The molecule has 4 rings (SSSR count). The highest BCUT2D eigenvalue weighted by atomic mass is 32.2. The molecule has 11 nitrogen and oxygen atoms in total. The summed E-state index contributed by atoms with van der Waals surface area (Å²) in [6.45, 7) is 3.66. The van der Waals surface area contributed by atoms with Crippen molar-refractivity contribution < 1.29 is 21.3 Å². The fourth-order valence-corrected chi connectivity index (χ4v) is 6.94. The summed E-state index contributed by atoms with van der Waals surface area (Å²) >= 11 is 0. The van der Waals surface area contributed by atoms with Crippen LogP contribution in [-0.4, -0.2) is 66.8 Å². The van der Waals surface area contributed by atoms with Crippen LogP contribution in [0.4, 0.5) is 0 Å². The Hall–Kier alpha value is -2.48. The monoisotopic (exact) mass is 455 g/mol. The van der Waals surface area contributed by atoms with E-state index in [2.05, 4.69) is 15.2 Å². The topological polar surface area (TPSA) is 149 Å². The van der Waals surface area contributed by atoms with Crippen molar-refractivity contribution in [2.75, 3.05) is 26.2 Å². The second-order valence-corrected chi connectivity index (χ2v) is 10.9. The molecule has 2 aromatic heterocycles. The lowest BCUT2D eigenvalue weighted by Gasteiger charge is -2.21. The molecular weight excluding hydrogens is 434 g/mol. The average molecular weight is 456 g/mol. The summed E-state index contributed by atoms with van der Waals surface area (Å²) in [5.74, 6) is -0.667. The molecule has 0 amide bonds. The number of H-pyrrole nitrogens is 2. The van der Waals surface area contributed by atoms with Crippen LogP contribution in [0.5, 0.6) is 0 Å². The quantitative estimate of drug-likeness (QED) is 0.583. The van der Waals surface area contributed by atoms with E-state index in [1.807, 2.05) is 0 Å². The Kier molecular flexibility index (Phi) is 5.08. The molecule has 0 saturated carbocycles. The number of hydrogen-bond acceptors (Lipinski definition) is 7. The van der Waals surface area contributed by atoms with Crippen LogP contribution in [0.1, 0.15) is 17.8 Å². The van der Waals surface area contributed by atoms with Crippen molar-refractivity contribution in [1.82, 2.24) is 23.8 Å². The van der Waals surface area contributed by atoms with Gasteiger partial charge >= 0.3 is 5.76 Å². The Balaban J connectivity index is 1.59. The fraction of sp³-hybridized carbons (Fsp3) is 0.412. The van der Waals surface area contributed by atoms with E-state index in [1.165, 1.54) is 26.8 Å². The smallest absolute Gasteiger partial charge is 0.408 e. The van der Waals surface area contributed by atoms with Crippen LogP contribution in [0.25, 0.3) is 11.1 Å². The van der Waals surface area contributed by atoms with Gasteiger partial charge in [0, 0.05) is 26.2 Å². The van der Waals surface area contributed by atoms with Crippen LogP contribution in [0.3, 0.4) is 0 Å². The second kappa shape index (κ2) is 7.34. The summed E-state index contributed by atoms with van der Waals surface area (Å²) in [5.41, 5.74) is 1.37. The standard InChI is InChI=1S/C17H21N5O6S2/c1-11-16(12(2)20-19-11)30(26,27)22-7-3-6-21(8-9-22)29(24,25)13-4-5-15-14(10-13)18-17(23)28-15/h4-5,10H,3,6-9H2,1-2H3,(H,18,23)(H,19,20). The fourth-order valence-electron chi connectivity index (χ4n) is 3.64. The van der Waals surface area contributed by atoms with Crippen molar-refractivity contribution in [3.8, 4) is 0 Å². The molecule has 30 heavy (non-hydrogen) atoms. The highest BCUT2D eigenvalue weighted by Gasteiger charge is 2.34. The predicted octanol–water partition coefficient (Wildman–Crippen LogP) is 0.546. The van der Waals surface area contributed by atoms with E-state index in [0.29, 0.717) is 17.8 Å². The maximum Gasteiger partial charge on any atom is 0.417 e. The van der Waals surface area contributed by atoms with Crippen molar-refractivity contribution in [1.29, 1.82) is 0 Å². The molecule has 1 saturated heterocycles. The molecule has 0 bridgehead atoms. The molecule has 0 atom stereocenters. The number of aromatic amines is 2. The molecule has 1 aromatic carbocycles. The van der Waals surface area contributed by atoms with Crippen LogP contribution >= 0.6 is 0 Å². The van der Waals surface area contributed by atoms with Crippen molar-refractivity contribution in [2.45, 2.75) is 30.1 Å². The van der Waals surface area contributed by atoms with Crippen LogP contribution in [0.15, 0.2) is 37.2 Å². The predicted molar refractivity (Wildman–Crippen MR) is 107 cm³/mol. The van der Waals surface area contributed by atoms with Gasteiger partial charge in [0.25, 0.3) is 0 Å². The van der Waals surface area contributed by atoms with Gasteiger partial charge in [0.2, 0.25) is 20.0 Å². The Bertz CT molecular complexity index is 1350. The minimum absolute atomic E-state index is 0.00452. The van der Waals surface area contributed by atoms with Crippen molar-refractivity contribution in [3.63, 3.8) is 0 Å². The van der Waals surface area contributed by atoms with E-state index < -0.39 is 25.8 Å². The van der Waals surface area contributed by atoms with E-state index in [0.717, 1.165) is 0 Å². The minimum Gasteiger partial charge on any atom is -0.408 e. The molecule has 3 heterocycles. The number of oxazole rings is 1. The number of nitrogens with zero attached hydrogens (tertiary/aromatic N) is 3. The van der Waals surface area contributed by atoms with Crippen LogP contribution in [-0.2, 0) is 20.0 Å². The second-order valence-electron chi connectivity index (χ2n) is 7.10. The van der Waals surface area contributed by atoms with Gasteiger partial charge in [-0.15, -0.1) is 0 Å². The van der Waals surface area contributed by atoms with E-state index in [4.69, 9.17) is 4.42 Å². The maximum atomic E-state index is 13.1. The molecule has 1 fully saturated rings. The molecule has 0 radical (unpaired) electrons. The third-order valence-corrected chi connectivity index (χ3v) is 9.16. The summed E-state index contributed by atoms with van der Waals surface area (Å²) in [5, 5.41) is 6.62. The third-order valence-electron chi connectivity index (χ3n) is 5.10. The Morgan fingerprint density at radius 2 is 1.67 bits per heavy atom. The molecule has 0 aliphatic carbocycles. The maximum absolute atomic E-state index is 13.1. The first-order valence-corrected chi connectivity index (χ1v) is 12.1. The van der Waals surface area contributed by atoms with E-state index in [1.54, 1.807) is 13.8 Å². The summed E-state index contributed by atoms with van der Waals surface area (Å²) in [7, 11) is -7.67. The van der Waals surface area contributed by atoms with Gasteiger partial charge in [-0.05, 0) is 38.5 Å². The largest absolute Gasteiger partial charge is 0.417 e. The first-order chi connectivity index (χ1) is 14.1. The first kappa shape index (κ1) is 20.8. The number of sulfonamides is 2. The lowest BCUT2D eigenvalue weighted by Crippen LogP contribution is -2.37. The molecule has 0 unspecified atom stereocenters. The molecule has 162 valence electrons. The number of aromatic nitrogens is 3. The number of fused-ring (bicyclic) bond motifs is 1. The number of hydrogen-bond donors (Lipinski definition) is 2. The Morgan fingerprint density at radius 3 is 2.30 bits per heavy atom. The average Bonchev–Trinajstić information content (AvgIpc) is 3.09. The molecule has 13 heteroatoms. The molecule has 1 aliphatic heterocycles. The Morgan fingerprint density at radius 1 is 1.00 bits per heavy atom. The molecule has 0 spiro atoms. The first-order valence-electron chi connectivity index (χ1n) is 9.25.